The molecule has 2 aromatic rings. The number of carbonyl (C=O) groups is 1. The summed E-state index contributed by atoms with van der Waals surface area (Å²) in [5.41, 5.74) is 3.32. The summed E-state index contributed by atoms with van der Waals surface area (Å²) in [5.74, 6) is 0.142. The van der Waals surface area contributed by atoms with Crippen LogP contribution in [-0.4, -0.2) is 24.0 Å². The van der Waals surface area contributed by atoms with Gasteiger partial charge in [0.2, 0.25) is 5.91 Å². The number of hydrogen-bond donors (Lipinski definition) is 2. The third-order valence-corrected chi connectivity index (χ3v) is 4.58. The second-order valence-corrected chi connectivity index (χ2v) is 6.13. The van der Waals surface area contributed by atoms with Crippen molar-refractivity contribution in [2.24, 2.45) is 5.92 Å². The van der Waals surface area contributed by atoms with Crippen molar-refractivity contribution < 1.29 is 4.79 Å². The predicted molar refractivity (Wildman–Crippen MR) is 86.5 cm³/mol. The average Bonchev–Trinajstić information content (AvgIpc) is 3.19. The lowest BCUT2D eigenvalue weighted by Crippen LogP contribution is -2.24. The maximum atomic E-state index is 12.1. The number of carbonyl (C=O) groups excluding carboxylic acids is 1. The molecule has 5 heteroatoms. The van der Waals surface area contributed by atoms with Gasteiger partial charge >= 0.3 is 0 Å². The van der Waals surface area contributed by atoms with Crippen LogP contribution in [0, 0.1) is 5.92 Å². The Bertz CT molecular complexity index is 615. The molecule has 0 spiro atoms. The minimum absolute atomic E-state index is 0.0705. The Morgan fingerprint density at radius 1 is 1.43 bits per heavy atom. The number of aryl methyl sites for hydroxylation is 1. The van der Waals surface area contributed by atoms with Gasteiger partial charge in [0, 0.05) is 17.5 Å². The molecule has 1 aromatic heterocycles. The van der Waals surface area contributed by atoms with Crippen molar-refractivity contribution in [1.82, 2.24) is 10.3 Å². The van der Waals surface area contributed by atoms with Crippen molar-refractivity contribution in [3.8, 4) is 11.3 Å². The Balaban J connectivity index is 1.68. The van der Waals surface area contributed by atoms with Crippen molar-refractivity contribution in [2.45, 2.75) is 19.8 Å². The number of benzene rings is 1. The quantitative estimate of drug-likeness (QED) is 0.913. The standard InChI is InChI=1S/C16H19N3OS/c1-2-11-3-5-12(6-4-11)14-10-21-16(18-14)19-15(20)13-7-8-17-9-13/h3-6,10,13,17H,2,7-9H2,1H3,(H,18,19,20). The van der Waals surface area contributed by atoms with E-state index in [1.54, 1.807) is 0 Å². The summed E-state index contributed by atoms with van der Waals surface area (Å²) < 4.78 is 0. The van der Waals surface area contributed by atoms with Gasteiger partial charge < -0.3 is 10.6 Å². The number of amides is 1. The van der Waals surface area contributed by atoms with E-state index < -0.39 is 0 Å². The summed E-state index contributed by atoms with van der Waals surface area (Å²) in [7, 11) is 0. The van der Waals surface area contributed by atoms with Crippen LogP contribution in [0.5, 0.6) is 0 Å². The Hall–Kier alpha value is -1.72. The van der Waals surface area contributed by atoms with E-state index in [-0.39, 0.29) is 11.8 Å². The number of anilines is 1. The molecule has 1 saturated heterocycles. The van der Waals surface area contributed by atoms with Crippen molar-refractivity contribution in [3.63, 3.8) is 0 Å². The van der Waals surface area contributed by atoms with Gasteiger partial charge in [-0.2, -0.15) is 0 Å². The van der Waals surface area contributed by atoms with Crippen LogP contribution >= 0.6 is 11.3 Å². The van der Waals surface area contributed by atoms with Crippen molar-refractivity contribution in [2.75, 3.05) is 18.4 Å². The molecule has 3 rings (SSSR count). The summed E-state index contributed by atoms with van der Waals surface area (Å²) in [6.07, 6.45) is 1.94. The minimum Gasteiger partial charge on any atom is -0.316 e. The molecular formula is C16H19N3OS. The van der Waals surface area contributed by atoms with Gasteiger partial charge in [-0.05, 0) is 24.9 Å². The molecule has 0 bridgehead atoms. The van der Waals surface area contributed by atoms with Crippen molar-refractivity contribution in [1.29, 1.82) is 0 Å². The van der Waals surface area contributed by atoms with Gasteiger partial charge in [-0.15, -0.1) is 11.3 Å². The highest BCUT2D eigenvalue weighted by atomic mass is 32.1. The molecule has 21 heavy (non-hydrogen) atoms. The van der Waals surface area contributed by atoms with Crippen LogP contribution in [0.3, 0.4) is 0 Å². The molecule has 1 aliphatic heterocycles. The van der Waals surface area contributed by atoms with E-state index in [2.05, 4.69) is 46.8 Å². The number of hydrogen-bond acceptors (Lipinski definition) is 4. The van der Waals surface area contributed by atoms with Gasteiger partial charge in [0.05, 0.1) is 11.6 Å². The number of rotatable bonds is 4. The number of aromatic nitrogens is 1. The summed E-state index contributed by atoms with van der Waals surface area (Å²) in [5, 5.41) is 8.80. The maximum absolute atomic E-state index is 12.1. The third kappa shape index (κ3) is 3.31. The number of nitrogens with one attached hydrogen (secondary N) is 2. The van der Waals surface area contributed by atoms with Gasteiger partial charge in [0.15, 0.2) is 5.13 Å². The molecule has 2 heterocycles. The van der Waals surface area contributed by atoms with E-state index in [0.717, 1.165) is 37.2 Å². The van der Waals surface area contributed by atoms with Crippen LogP contribution in [0.1, 0.15) is 18.9 Å². The third-order valence-electron chi connectivity index (χ3n) is 3.82. The van der Waals surface area contributed by atoms with E-state index in [4.69, 9.17) is 0 Å². The molecule has 1 aliphatic rings. The summed E-state index contributed by atoms with van der Waals surface area (Å²) in [6, 6.07) is 8.41. The normalized spacial score (nSPS) is 17.9. The second-order valence-electron chi connectivity index (χ2n) is 5.27. The van der Waals surface area contributed by atoms with Gasteiger partial charge in [0.1, 0.15) is 0 Å². The first-order chi connectivity index (χ1) is 10.3. The molecule has 1 aromatic carbocycles. The Morgan fingerprint density at radius 2 is 2.24 bits per heavy atom. The molecule has 1 fully saturated rings. The summed E-state index contributed by atoms with van der Waals surface area (Å²) >= 11 is 1.48. The van der Waals surface area contributed by atoms with Crippen molar-refractivity contribution >= 4 is 22.4 Å². The average molecular weight is 301 g/mol. The molecular weight excluding hydrogens is 282 g/mol. The van der Waals surface area contributed by atoms with E-state index >= 15 is 0 Å². The molecule has 1 unspecified atom stereocenters. The molecule has 4 nitrogen and oxygen atoms in total. The van der Waals surface area contributed by atoms with E-state index in [0.29, 0.717) is 5.13 Å². The Labute approximate surface area is 128 Å². The van der Waals surface area contributed by atoms with E-state index in [1.807, 2.05) is 5.38 Å². The first-order valence-corrected chi connectivity index (χ1v) is 8.20. The van der Waals surface area contributed by atoms with Crippen LogP contribution in [0.25, 0.3) is 11.3 Å². The van der Waals surface area contributed by atoms with Gasteiger partial charge in [-0.25, -0.2) is 4.98 Å². The lowest BCUT2D eigenvalue weighted by Gasteiger charge is -2.06. The van der Waals surface area contributed by atoms with Gasteiger partial charge in [0.25, 0.3) is 0 Å². The Kier molecular flexibility index (Phi) is 4.31. The molecule has 1 amide bonds. The lowest BCUT2D eigenvalue weighted by molar-refractivity contribution is -0.119. The first kappa shape index (κ1) is 14.2. The fourth-order valence-corrected chi connectivity index (χ4v) is 3.18. The van der Waals surface area contributed by atoms with Crippen LogP contribution in [0.15, 0.2) is 29.6 Å². The van der Waals surface area contributed by atoms with Crippen LogP contribution < -0.4 is 10.6 Å². The van der Waals surface area contributed by atoms with Crippen LogP contribution in [0.4, 0.5) is 5.13 Å². The number of thiazole rings is 1. The monoisotopic (exact) mass is 301 g/mol. The molecule has 0 aliphatic carbocycles. The van der Waals surface area contributed by atoms with Crippen LogP contribution in [0.2, 0.25) is 0 Å². The second kappa shape index (κ2) is 6.37. The van der Waals surface area contributed by atoms with Gasteiger partial charge in [-0.3, -0.25) is 4.79 Å². The Morgan fingerprint density at radius 3 is 2.90 bits per heavy atom. The first-order valence-electron chi connectivity index (χ1n) is 7.32. The zero-order chi connectivity index (χ0) is 14.7. The predicted octanol–water partition coefficient (Wildman–Crippen LogP) is 2.92. The molecule has 0 saturated carbocycles. The maximum Gasteiger partial charge on any atom is 0.230 e. The highest BCUT2D eigenvalue weighted by Crippen LogP contribution is 2.26. The van der Waals surface area contributed by atoms with E-state index in [9.17, 15) is 4.79 Å². The smallest absolute Gasteiger partial charge is 0.230 e. The topological polar surface area (TPSA) is 54.0 Å². The minimum atomic E-state index is 0.0705. The number of nitrogens with zero attached hydrogens (tertiary/aromatic N) is 1. The molecule has 110 valence electrons. The lowest BCUT2D eigenvalue weighted by atomic mass is 10.1. The van der Waals surface area contributed by atoms with Crippen molar-refractivity contribution in [3.05, 3.63) is 35.2 Å². The molecule has 1 atom stereocenters. The fraction of sp³-hybridized carbons (Fsp3) is 0.375. The summed E-state index contributed by atoms with van der Waals surface area (Å²) in [6.45, 7) is 3.83. The van der Waals surface area contributed by atoms with E-state index in [1.165, 1.54) is 16.9 Å². The largest absolute Gasteiger partial charge is 0.316 e. The molecule has 0 radical (unpaired) electrons. The summed E-state index contributed by atoms with van der Waals surface area (Å²) in [4.78, 5) is 16.6. The zero-order valence-corrected chi connectivity index (χ0v) is 12.9. The fourth-order valence-electron chi connectivity index (χ4n) is 2.46. The van der Waals surface area contributed by atoms with Gasteiger partial charge in [-0.1, -0.05) is 31.2 Å². The molecule has 2 N–H and O–H groups in total. The SMILES string of the molecule is CCc1ccc(-c2csc(NC(=O)C3CCNC3)n2)cc1. The highest BCUT2D eigenvalue weighted by molar-refractivity contribution is 7.14. The highest BCUT2D eigenvalue weighted by Gasteiger charge is 2.23. The zero-order valence-electron chi connectivity index (χ0n) is 12.1. The van der Waals surface area contributed by atoms with Crippen LogP contribution in [-0.2, 0) is 11.2 Å².